The van der Waals surface area contributed by atoms with Crippen LogP contribution in [-0.4, -0.2) is 42.4 Å². The lowest BCUT2D eigenvalue weighted by molar-refractivity contribution is 0.116. The molecule has 0 bridgehead atoms. The fourth-order valence-electron chi connectivity index (χ4n) is 2.73. The smallest absolute Gasteiger partial charge is 0.119 e. The van der Waals surface area contributed by atoms with Crippen LogP contribution in [0.4, 0.5) is 0 Å². The highest BCUT2D eigenvalue weighted by Crippen LogP contribution is 2.26. The maximum absolute atomic E-state index is 9.59. The van der Waals surface area contributed by atoms with E-state index in [1.54, 1.807) is 0 Å². The first-order valence-electron chi connectivity index (χ1n) is 7.23. The summed E-state index contributed by atoms with van der Waals surface area (Å²) in [4.78, 5) is 2.48. The summed E-state index contributed by atoms with van der Waals surface area (Å²) in [5.41, 5.74) is 0. The van der Waals surface area contributed by atoms with E-state index in [9.17, 15) is 5.11 Å². The van der Waals surface area contributed by atoms with Crippen molar-refractivity contribution in [3.8, 4) is 5.75 Å². The zero-order valence-electron chi connectivity index (χ0n) is 12.0. The quantitative estimate of drug-likeness (QED) is 0.855. The number of aliphatic hydroxyl groups excluding tert-OH is 1. The van der Waals surface area contributed by atoms with Gasteiger partial charge < -0.3 is 14.7 Å². The van der Waals surface area contributed by atoms with Crippen LogP contribution in [0.25, 0.3) is 0 Å². The Morgan fingerprint density at radius 1 is 1.32 bits per heavy atom. The topological polar surface area (TPSA) is 32.7 Å². The maximum atomic E-state index is 9.59. The number of aliphatic hydroxyl groups is 1. The lowest BCUT2D eigenvalue weighted by Crippen LogP contribution is -2.31. The predicted molar refractivity (Wildman–Crippen MR) is 77.3 cm³/mol. The van der Waals surface area contributed by atoms with Gasteiger partial charge in [-0.15, -0.1) is 0 Å². The van der Waals surface area contributed by atoms with Gasteiger partial charge in [0.25, 0.3) is 0 Å². The summed E-state index contributed by atoms with van der Waals surface area (Å²) in [5, 5.41) is 9.59. The molecular formula is C16H25NO2. The molecule has 1 N–H and O–H groups in total. The predicted octanol–water partition coefficient (Wildman–Crippen LogP) is 2.40. The molecule has 1 aliphatic heterocycles. The van der Waals surface area contributed by atoms with E-state index >= 15 is 0 Å². The minimum Gasteiger partial charge on any atom is -0.493 e. The maximum Gasteiger partial charge on any atom is 0.119 e. The fourth-order valence-corrected chi connectivity index (χ4v) is 2.73. The third-order valence-electron chi connectivity index (χ3n) is 4.09. The van der Waals surface area contributed by atoms with E-state index in [0.717, 1.165) is 18.8 Å². The summed E-state index contributed by atoms with van der Waals surface area (Å²) in [6, 6.07) is 10.4. The van der Waals surface area contributed by atoms with Crippen LogP contribution in [0, 0.1) is 11.8 Å². The van der Waals surface area contributed by atoms with Crippen molar-refractivity contribution in [3.63, 3.8) is 0 Å². The molecule has 3 heteroatoms. The number of nitrogens with zero attached hydrogens (tertiary/aromatic N) is 1. The van der Waals surface area contributed by atoms with Crippen molar-refractivity contribution in [3.05, 3.63) is 30.3 Å². The number of benzene rings is 1. The Bertz CT molecular complexity index is 366. The first kappa shape index (κ1) is 14.4. The average molecular weight is 263 g/mol. The number of hydrogen-bond donors (Lipinski definition) is 1. The number of para-hydroxylation sites is 1. The summed E-state index contributed by atoms with van der Waals surface area (Å²) >= 11 is 0. The number of hydrogen-bond acceptors (Lipinski definition) is 3. The normalized spacial score (nSPS) is 21.8. The largest absolute Gasteiger partial charge is 0.493 e. The minimum atomic E-state index is 0.212. The monoisotopic (exact) mass is 263 g/mol. The van der Waals surface area contributed by atoms with Crippen molar-refractivity contribution in [1.82, 2.24) is 4.90 Å². The van der Waals surface area contributed by atoms with E-state index in [-0.39, 0.29) is 12.5 Å². The van der Waals surface area contributed by atoms with E-state index in [1.807, 2.05) is 30.3 Å². The first-order chi connectivity index (χ1) is 9.20. The van der Waals surface area contributed by atoms with Gasteiger partial charge in [0.05, 0.1) is 6.61 Å². The van der Waals surface area contributed by atoms with Crippen molar-refractivity contribution < 1.29 is 9.84 Å². The third kappa shape index (κ3) is 3.95. The summed E-state index contributed by atoms with van der Waals surface area (Å²) in [6.07, 6.45) is 1.17. The van der Waals surface area contributed by atoms with Crippen molar-refractivity contribution in [1.29, 1.82) is 0 Å². The standard InChI is InChI=1S/C16H25NO2/c1-13(2)17-9-8-14(10-17)15(11-18)12-19-16-6-4-3-5-7-16/h3-7,13-15,18H,8-12H2,1-2H3. The molecule has 106 valence electrons. The van der Waals surface area contributed by atoms with Gasteiger partial charge in [-0.2, -0.15) is 0 Å². The molecule has 1 heterocycles. The Kier molecular flexibility index (Phi) is 5.23. The lowest BCUT2D eigenvalue weighted by Gasteiger charge is -2.24. The van der Waals surface area contributed by atoms with Crippen LogP contribution >= 0.6 is 0 Å². The summed E-state index contributed by atoms with van der Waals surface area (Å²) in [5.74, 6) is 1.68. The van der Waals surface area contributed by atoms with Crippen molar-refractivity contribution >= 4 is 0 Å². The molecule has 2 atom stereocenters. The summed E-state index contributed by atoms with van der Waals surface area (Å²) in [7, 11) is 0. The Labute approximate surface area is 116 Å². The highest BCUT2D eigenvalue weighted by atomic mass is 16.5. The van der Waals surface area contributed by atoms with Crippen LogP contribution in [0.2, 0.25) is 0 Å². The molecule has 2 unspecified atom stereocenters. The molecule has 1 saturated heterocycles. The van der Waals surface area contributed by atoms with Gasteiger partial charge in [0.2, 0.25) is 0 Å². The Balaban J connectivity index is 1.84. The molecule has 0 saturated carbocycles. The average Bonchev–Trinajstić information content (AvgIpc) is 2.90. The van der Waals surface area contributed by atoms with Gasteiger partial charge in [-0.3, -0.25) is 0 Å². The molecule has 0 spiro atoms. The summed E-state index contributed by atoms with van der Waals surface area (Å²) in [6.45, 7) is 7.51. The van der Waals surface area contributed by atoms with Gasteiger partial charge in [-0.25, -0.2) is 0 Å². The number of rotatable bonds is 6. The highest BCUT2D eigenvalue weighted by Gasteiger charge is 2.30. The van der Waals surface area contributed by atoms with Crippen molar-refractivity contribution in [2.24, 2.45) is 11.8 Å². The van der Waals surface area contributed by atoms with Crippen LogP contribution in [0.5, 0.6) is 5.75 Å². The molecule has 0 aromatic heterocycles. The fraction of sp³-hybridized carbons (Fsp3) is 0.625. The van der Waals surface area contributed by atoms with E-state index in [4.69, 9.17) is 4.74 Å². The Hall–Kier alpha value is -1.06. The lowest BCUT2D eigenvalue weighted by atomic mass is 9.93. The van der Waals surface area contributed by atoms with Gasteiger partial charge in [-0.05, 0) is 44.9 Å². The third-order valence-corrected chi connectivity index (χ3v) is 4.09. The molecule has 0 amide bonds. The number of likely N-dealkylation sites (tertiary alicyclic amines) is 1. The van der Waals surface area contributed by atoms with Gasteiger partial charge in [0.1, 0.15) is 5.75 Å². The molecule has 1 aliphatic rings. The molecule has 19 heavy (non-hydrogen) atoms. The molecule has 3 nitrogen and oxygen atoms in total. The molecule has 1 fully saturated rings. The van der Waals surface area contributed by atoms with E-state index < -0.39 is 0 Å². The van der Waals surface area contributed by atoms with Gasteiger partial charge in [0.15, 0.2) is 0 Å². The molecule has 0 aliphatic carbocycles. The molecule has 1 aromatic rings. The van der Waals surface area contributed by atoms with Crippen LogP contribution in [0.15, 0.2) is 30.3 Å². The van der Waals surface area contributed by atoms with Crippen molar-refractivity contribution in [2.75, 3.05) is 26.3 Å². The first-order valence-corrected chi connectivity index (χ1v) is 7.23. The highest BCUT2D eigenvalue weighted by molar-refractivity contribution is 5.20. The van der Waals surface area contributed by atoms with Crippen molar-refractivity contribution in [2.45, 2.75) is 26.3 Å². The Morgan fingerprint density at radius 2 is 2.05 bits per heavy atom. The molecule has 2 rings (SSSR count). The van der Waals surface area contributed by atoms with Gasteiger partial charge in [0, 0.05) is 25.1 Å². The SMILES string of the molecule is CC(C)N1CCC(C(CO)COc2ccccc2)C1. The van der Waals surface area contributed by atoms with Crippen LogP contribution in [0.3, 0.4) is 0 Å². The van der Waals surface area contributed by atoms with Crippen LogP contribution < -0.4 is 4.74 Å². The molecule has 0 radical (unpaired) electrons. The Morgan fingerprint density at radius 3 is 2.63 bits per heavy atom. The van der Waals surface area contributed by atoms with E-state index in [0.29, 0.717) is 18.6 Å². The molecule has 1 aromatic carbocycles. The second-order valence-electron chi connectivity index (χ2n) is 5.70. The zero-order chi connectivity index (χ0) is 13.7. The minimum absolute atomic E-state index is 0.212. The van der Waals surface area contributed by atoms with Crippen LogP contribution in [0.1, 0.15) is 20.3 Å². The number of ether oxygens (including phenoxy) is 1. The second kappa shape index (κ2) is 6.92. The van der Waals surface area contributed by atoms with Gasteiger partial charge in [-0.1, -0.05) is 18.2 Å². The molecular weight excluding hydrogens is 238 g/mol. The van der Waals surface area contributed by atoms with E-state index in [2.05, 4.69) is 18.7 Å². The van der Waals surface area contributed by atoms with E-state index in [1.165, 1.54) is 6.42 Å². The summed E-state index contributed by atoms with van der Waals surface area (Å²) < 4.78 is 5.79. The van der Waals surface area contributed by atoms with Gasteiger partial charge >= 0.3 is 0 Å². The zero-order valence-corrected chi connectivity index (χ0v) is 12.0. The van der Waals surface area contributed by atoms with Crippen LogP contribution in [-0.2, 0) is 0 Å². The second-order valence-corrected chi connectivity index (χ2v) is 5.70.